The summed E-state index contributed by atoms with van der Waals surface area (Å²) in [7, 11) is 0. The van der Waals surface area contributed by atoms with Crippen molar-refractivity contribution in [3.8, 4) is 10.6 Å². The number of rotatable bonds is 3. The number of hydrogen-bond donors (Lipinski definition) is 2. The Morgan fingerprint density at radius 2 is 2.43 bits per heavy atom. The topological polar surface area (TPSA) is 81.7 Å². The van der Waals surface area contributed by atoms with Crippen LogP contribution in [0.1, 0.15) is 6.92 Å². The van der Waals surface area contributed by atoms with E-state index in [1.165, 1.54) is 11.3 Å². The fourth-order valence-electron chi connectivity index (χ4n) is 1.05. The molecule has 0 spiro atoms. The molecular weight excluding hydrogens is 200 g/mol. The maximum atomic E-state index is 5.21. The van der Waals surface area contributed by atoms with Gasteiger partial charge in [0.25, 0.3) is 0 Å². The van der Waals surface area contributed by atoms with Crippen molar-refractivity contribution in [2.24, 2.45) is 5.84 Å². The summed E-state index contributed by atoms with van der Waals surface area (Å²) in [5.41, 5.74) is 3.42. The van der Waals surface area contributed by atoms with Crippen LogP contribution in [0.3, 0.4) is 0 Å². The van der Waals surface area contributed by atoms with E-state index in [9.17, 15) is 0 Å². The van der Waals surface area contributed by atoms with Gasteiger partial charge in [0.15, 0.2) is 5.01 Å². The van der Waals surface area contributed by atoms with Crippen molar-refractivity contribution in [3.05, 3.63) is 12.4 Å². The number of hydrogen-bond acceptors (Lipinski definition) is 6. The summed E-state index contributed by atoms with van der Waals surface area (Å²) in [6.07, 6.45) is 3.70. The van der Waals surface area contributed by atoms with Gasteiger partial charge in [-0.2, -0.15) is 5.10 Å². The SMILES string of the molecule is CCn1cc(-c2nnc(NN)s2)cn1. The highest BCUT2D eigenvalue weighted by molar-refractivity contribution is 7.18. The van der Waals surface area contributed by atoms with Crippen LogP contribution >= 0.6 is 11.3 Å². The van der Waals surface area contributed by atoms with Gasteiger partial charge >= 0.3 is 0 Å². The third-order valence-corrected chi connectivity index (χ3v) is 2.66. The zero-order valence-electron chi connectivity index (χ0n) is 7.64. The number of nitrogens with two attached hydrogens (primary N) is 1. The van der Waals surface area contributed by atoms with Gasteiger partial charge in [-0.1, -0.05) is 11.3 Å². The van der Waals surface area contributed by atoms with Crippen molar-refractivity contribution < 1.29 is 0 Å². The third kappa shape index (κ3) is 1.59. The number of hydrazine groups is 1. The highest BCUT2D eigenvalue weighted by Crippen LogP contribution is 2.24. The molecule has 0 bridgehead atoms. The van der Waals surface area contributed by atoms with Gasteiger partial charge in [-0.3, -0.25) is 10.1 Å². The molecule has 0 unspecified atom stereocenters. The van der Waals surface area contributed by atoms with Crippen LogP contribution in [0.4, 0.5) is 5.13 Å². The molecule has 0 saturated carbocycles. The Balaban J connectivity index is 2.29. The molecule has 0 aromatic carbocycles. The Bertz CT molecular complexity index is 379. The predicted octanol–water partition coefficient (Wildman–Crippen LogP) is 0.707. The molecule has 0 aliphatic carbocycles. The van der Waals surface area contributed by atoms with Gasteiger partial charge in [-0.25, -0.2) is 5.84 Å². The van der Waals surface area contributed by atoms with Crippen LogP contribution in [0.5, 0.6) is 0 Å². The molecule has 2 aromatic rings. The fraction of sp³-hybridized carbons (Fsp3) is 0.286. The Morgan fingerprint density at radius 3 is 3.00 bits per heavy atom. The maximum absolute atomic E-state index is 5.21. The average molecular weight is 210 g/mol. The van der Waals surface area contributed by atoms with Gasteiger partial charge in [0.1, 0.15) is 0 Å². The molecule has 2 aromatic heterocycles. The zero-order valence-corrected chi connectivity index (χ0v) is 8.45. The molecule has 0 atom stereocenters. The Morgan fingerprint density at radius 1 is 1.57 bits per heavy atom. The Hall–Kier alpha value is -1.47. The van der Waals surface area contributed by atoms with Gasteiger partial charge in [-0.15, -0.1) is 10.2 Å². The van der Waals surface area contributed by atoms with Crippen molar-refractivity contribution >= 4 is 16.5 Å². The minimum absolute atomic E-state index is 0.601. The van der Waals surface area contributed by atoms with Crippen molar-refractivity contribution in [1.29, 1.82) is 0 Å². The lowest BCUT2D eigenvalue weighted by Gasteiger charge is -1.89. The molecule has 0 aliphatic rings. The minimum Gasteiger partial charge on any atom is -0.298 e. The number of aryl methyl sites for hydroxylation is 1. The highest BCUT2D eigenvalue weighted by atomic mass is 32.1. The monoisotopic (exact) mass is 210 g/mol. The number of aromatic nitrogens is 4. The first-order valence-electron chi connectivity index (χ1n) is 4.16. The van der Waals surface area contributed by atoms with Crippen LogP contribution < -0.4 is 11.3 Å². The summed E-state index contributed by atoms with van der Waals surface area (Å²) in [5.74, 6) is 5.21. The van der Waals surface area contributed by atoms with E-state index >= 15 is 0 Å². The van der Waals surface area contributed by atoms with Crippen LogP contribution in [0, 0.1) is 0 Å². The van der Waals surface area contributed by atoms with Crippen LogP contribution in [0.2, 0.25) is 0 Å². The van der Waals surface area contributed by atoms with Gasteiger partial charge in [0, 0.05) is 12.7 Å². The van der Waals surface area contributed by atoms with Gasteiger partial charge in [0.2, 0.25) is 5.13 Å². The number of anilines is 1. The lowest BCUT2D eigenvalue weighted by molar-refractivity contribution is 0.660. The van der Waals surface area contributed by atoms with Crippen LogP contribution in [0.15, 0.2) is 12.4 Å². The maximum Gasteiger partial charge on any atom is 0.220 e. The lowest BCUT2D eigenvalue weighted by Crippen LogP contribution is -2.05. The molecule has 74 valence electrons. The van der Waals surface area contributed by atoms with Crippen LogP contribution in [-0.4, -0.2) is 20.0 Å². The van der Waals surface area contributed by atoms with E-state index in [1.54, 1.807) is 6.20 Å². The second-order valence-corrected chi connectivity index (χ2v) is 3.62. The number of nitrogens with one attached hydrogen (secondary N) is 1. The molecule has 7 heteroatoms. The van der Waals surface area contributed by atoms with E-state index in [2.05, 4.69) is 20.7 Å². The Kier molecular flexibility index (Phi) is 2.42. The van der Waals surface area contributed by atoms with E-state index in [4.69, 9.17) is 5.84 Å². The molecule has 0 radical (unpaired) electrons. The summed E-state index contributed by atoms with van der Waals surface area (Å²) >= 11 is 1.40. The summed E-state index contributed by atoms with van der Waals surface area (Å²) in [5, 5.41) is 13.4. The molecule has 2 rings (SSSR count). The Labute approximate surface area is 84.7 Å². The van der Waals surface area contributed by atoms with Crippen molar-refractivity contribution in [3.63, 3.8) is 0 Å². The predicted molar refractivity (Wildman–Crippen MR) is 54.6 cm³/mol. The first kappa shape index (κ1) is 9.10. The van der Waals surface area contributed by atoms with Gasteiger partial charge < -0.3 is 0 Å². The largest absolute Gasteiger partial charge is 0.298 e. The lowest BCUT2D eigenvalue weighted by atomic mass is 10.4. The van der Waals surface area contributed by atoms with E-state index < -0.39 is 0 Å². The van der Waals surface area contributed by atoms with Crippen LogP contribution in [0.25, 0.3) is 10.6 Å². The van der Waals surface area contributed by atoms with Crippen molar-refractivity contribution in [2.45, 2.75) is 13.5 Å². The molecule has 0 fully saturated rings. The summed E-state index contributed by atoms with van der Waals surface area (Å²) in [6.45, 7) is 2.88. The standard InChI is InChI=1S/C7H10N6S/c1-2-13-4-5(3-9-13)6-11-12-7(10-8)14-6/h3-4H,2,8H2,1H3,(H,10,12). The minimum atomic E-state index is 0.601. The van der Waals surface area contributed by atoms with E-state index in [0.717, 1.165) is 17.1 Å². The molecule has 0 amide bonds. The molecule has 0 aliphatic heterocycles. The van der Waals surface area contributed by atoms with Gasteiger partial charge in [-0.05, 0) is 6.92 Å². The first-order chi connectivity index (χ1) is 6.83. The second kappa shape index (κ2) is 3.72. The zero-order chi connectivity index (χ0) is 9.97. The fourth-order valence-corrected chi connectivity index (χ4v) is 1.67. The molecule has 3 N–H and O–H groups in total. The average Bonchev–Trinajstić information content (AvgIpc) is 2.86. The van der Waals surface area contributed by atoms with Gasteiger partial charge in [0.05, 0.1) is 11.8 Å². The third-order valence-electron chi connectivity index (χ3n) is 1.75. The normalized spacial score (nSPS) is 10.4. The highest BCUT2D eigenvalue weighted by Gasteiger charge is 2.07. The molecule has 2 heterocycles. The molecule has 14 heavy (non-hydrogen) atoms. The molecule has 6 nitrogen and oxygen atoms in total. The summed E-state index contributed by atoms with van der Waals surface area (Å²) < 4.78 is 1.84. The van der Waals surface area contributed by atoms with Crippen molar-refractivity contribution in [1.82, 2.24) is 20.0 Å². The molecule has 0 saturated heterocycles. The molecular formula is C7H10N6S. The second-order valence-electron chi connectivity index (χ2n) is 2.64. The smallest absolute Gasteiger partial charge is 0.220 e. The van der Waals surface area contributed by atoms with Crippen LogP contribution in [-0.2, 0) is 6.54 Å². The van der Waals surface area contributed by atoms with E-state index in [1.807, 2.05) is 17.8 Å². The first-order valence-corrected chi connectivity index (χ1v) is 4.98. The number of nitrogens with zero attached hydrogens (tertiary/aromatic N) is 4. The van der Waals surface area contributed by atoms with E-state index in [-0.39, 0.29) is 0 Å². The summed E-state index contributed by atoms with van der Waals surface area (Å²) in [6, 6.07) is 0. The quantitative estimate of drug-likeness (QED) is 0.576. The number of nitrogen functional groups attached to an aromatic ring is 1. The van der Waals surface area contributed by atoms with E-state index in [0.29, 0.717) is 5.13 Å². The van der Waals surface area contributed by atoms with Crippen molar-refractivity contribution in [2.75, 3.05) is 5.43 Å². The summed E-state index contributed by atoms with van der Waals surface area (Å²) in [4.78, 5) is 0.